The first-order chi connectivity index (χ1) is 8.72. The van der Waals surface area contributed by atoms with Crippen molar-refractivity contribution in [2.45, 2.75) is 19.8 Å². The Bertz CT molecular complexity index is 430. The number of benzene rings is 1. The molecule has 1 N–H and O–H groups in total. The molecule has 0 bridgehead atoms. The van der Waals surface area contributed by atoms with Gasteiger partial charge in [0.05, 0.1) is 14.2 Å². The minimum absolute atomic E-state index is 0.275. The van der Waals surface area contributed by atoms with Crippen molar-refractivity contribution in [1.82, 2.24) is 5.43 Å². The SMILES string of the molecule is CCC/C=N/NC(=O)c1ccc(OC)c(OC)c1. The van der Waals surface area contributed by atoms with Crippen molar-refractivity contribution in [3.63, 3.8) is 0 Å². The number of nitrogens with one attached hydrogen (secondary N) is 1. The van der Waals surface area contributed by atoms with Crippen molar-refractivity contribution in [3.8, 4) is 11.5 Å². The molecule has 0 aromatic heterocycles. The maximum Gasteiger partial charge on any atom is 0.271 e. The summed E-state index contributed by atoms with van der Waals surface area (Å²) in [6, 6.07) is 4.96. The molecule has 1 aromatic rings. The van der Waals surface area contributed by atoms with Gasteiger partial charge in [0.15, 0.2) is 11.5 Å². The van der Waals surface area contributed by atoms with Crippen LogP contribution in [-0.2, 0) is 0 Å². The molecular weight excluding hydrogens is 232 g/mol. The molecule has 0 aliphatic rings. The lowest BCUT2D eigenvalue weighted by molar-refractivity contribution is 0.0954. The van der Waals surface area contributed by atoms with E-state index in [4.69, 9.17) is 9.47 Å². The fraction of sp³-hybridized carbons (Fsp3) is 0.385. The van der Waals surface area contributed by atoms with E-state index in [-0.39, 0.29) is 5.91 Å². The molecule has 1 amide bonds. The quantitative estimate of drug-likeness (QED) is 0.622. The predicted molar refractivity (Wildman–Crippen MR) is 70.4 cm³/mol. The molecule has 5 nitrogen and oxygen atoms in total. The van der Waals surface area contributed by atoms with E-state index in [9.17, 15) is 4.79 Å². The maximum absolute atomic E-state index is 11.8. The van der Waals surface area contributed by atoms with E-state index in [1.54, 1.807) is 31.5 Å². The molecule has 0 heterocycles. The second-order valence-electron chi connectivity index (χ2n) is 3.61. The summed E-state index contributed by atoms with van der Waals surface area (Å²) < 4.78 is 10.2. The number of amides is 1. The Labute approximate surface area is 107 Å². The Balaban J connectivity index is 2.74. The second-order valence-corrected chi connectivity index (χ2v) is 3.61. The molecule has 18 heavy (non-hydrogen) atoms. The lowest BCUT2D eigenvalue weighted by Crippen LogP contribution is -2.17. The summed E-state index contributed by atoms with van der Waals surface area (Å²) in [6.45, 7) is 2.04. The zero-order valence-corrected chi connectivity index (χ0v) is 10.9. The first kappa shape index (κ1) is 14.0. The van der Waals surface area contributed by atoms with Crippen LogP contribution < -0.4 is 14.9 Å². The fourth-order valence-corrected chi connectivity index (χ4v) is 1.34. The molecule has 0 saturated carbocycles. The average Bonchev–Trinajstić information content (AvgIpc) is 2.42. The van der Waals surface area contributed by atoms with Gasteiger partial charge >= 0.3 is 0 Å². The van der Waals surface area contributed by atoms with Crippen LogP contribution in [0.2, 0.25) is 0 Å². The molecule has 0 fully saturated rings. The minimum atomic E-state index is -0.275. The van der Waals surface area contributed by atoms with E-state index in [1.807, 2.05) is 6.92 Å². The zero-order valence-electron chi connectivity index (χ0n) is 10.9. The van der Waals surface area contributed by atoms with Gasteiger partial charge in [-0.2, -0.15) is 5.10 Å². The molecule has 0 radical (unpaired) electrons. The van der Waals surface area contributed by atoms with Crippen LogP contribution in [0.4, 0.5) is 0 Å². The molecule has 5 heteroatoms. The van der Waals surface area contributed by atoms with Crippen molar-refractivity contribution >= 4 is 12.1 Å². The van der Waals surface area contributed by atoms with Crippen LogP contribution in [-0.4, -0.2) is 26.3 Å². The van der Waals surface area contributed by atoms with Gasteiger partial charge in [0.2, 0.25) is 0 Å². The van der Waals surface area contributed by atoms with Gasteiger partial charge in [-0.05, 0) is 24.6 Å². The highest BCUT2D eigenvalue weighted by atomic mass is 16.5. The van der Waals surface area contributed by atoms with Crippen molar-refractivity contribution in [2.24, 2.45) is 5.10 Å². The van der Waals surface area contributed by atoms with Crippen LogP contribution in [0.1, 0.15) is 30.1 Å². The van der Waals surface area contributed by atoms with Gasteiger partial charge < -0.3 is 9.47 Å². The number of hydrazone groups is 1. The van der Waals surface area contributed by atoms with E-state index < -0.39 is 0 Å². The van der Waals surface area contributed by atoms with Gasteiger partial charge in [-0.25, -0.2) is 5.43 Å². The number of nitrogens with zero attached hydrogens (tertiary/aromatic N) is 1. The summed E-state index contributed by atoms with van der Waals surface area (Å²) >= 11 is 0. The summed E-state index contributed by atoms with van der Waals surface area (Å²) in [6.07, 6.45) is 3.51. The molecule has 98 valence electrons. The molecule has 0 unspecified atom stereocenters. The number of carbonyl (C=O) groups excluding carboxylic acids is 1. The number of ether oxygens (including phenoxy) is 2. The van der Waals surface area contributed by atoms with Crippen LogP contribution >= 0.6 is 0 Å². The number of rotatable bonds is 6. The fourth-order valence-electron chi connectivity index (χ4n) is 1.34. The molecule has 1 rings (SSSR count). The second kappa shape index (κ2) is 7.32. The van der Waals surface area contributed by atoms with Crippen molar-refractivity contribution in [1.29, 1.82) is 0 Å². The third-order valence-corrected chi connectivity index (χ3v) is 2.32. The smallest absolute Gasteiger partial charge is 0.271 e. The summed E-state index contributed by atoms with van der Waals surface area (Å²) in [5.41, 5.74) is 2.93. The molecule has 0 aliphatic carbocycles. The van der Waals surface area contributed by atoms with Gasteiger partial charge in [0.1, 0.15) is 0 Å². The van der Waals surface area contributed by atoms with Crippen LogP contribution in [0.15, 0.2) is 23.3 Å². The minimum Gasteiger partial charge on any atom is -0.493 e. The Kier molecular flexibility index (Phi) is 5.70. The van der Waals surface area contributed by atoms with Crippen molar-refractivity contribution in [3.05, 3.63) is 23.8 Å². The van der Waals surface area contributed by atoms with Gasteiger partial charge in [-0.3, -0.25) is 4.79 Å². The molecule has 0 saturated heterocycles. The molecule has 0 atom stereocenters. The lowest BCUT2D eigenvalue weighted by atomic mass is 10.2. The van der Waals surface area contributed by atoms with Gasteiger partial charge in [-0.1, -0.05) is 13.3 Å². The van der Waals surface area contributed by atoms with Gasteiger partial charge in [-0.15, -0.1) is 0 Å². The number of unbranched alkanes of at least 4 members (excludes halogenated alkanes) is 1. The summed E-state index contributed by atoms with van der Waals surface area (Å²) in [5.74, 6) is 0.828. The van der Waals surface area contributed by atoms with Gasteiger partial charge in [0.25, 0.3) is 5.91 Å². The first-order valence-electron chi connectivity index (χ1n) is 5.76. The van der Waals surface area contributed by atoms with Crippen LogP contribution in [0, 0.1) is 0 Å². The molecule has 0 spiro atoms. The highest BCUT2D eigenvalue weighted by Gasteiger charge is 2.09. The topological polar surface area (TPSA) is 59.9 Å². The third-order valence-electron chi connectivity index (χ3n) is 2.32. The van der Waals surface area contributed by atoms with E-state index in [0.717, 1.165) is 12.8 Å². The number of hydrogen-bond donors (Lipinski definition) is 1. The predicted octanol–water partition coefficient (Wildman–Crippen LogP) is 2.22. The largest absolute Gasteiger partial charge is 0.493 e. The van der Waals surface area contributed by atoms with E-state index in [1.165, 1.54) is 7.11 Å². The summed E-state index contributed by atoms with van der Waals surface area (Å²) in [5, 5.41) is 3.84. The average molecular weight is 250 g/mol. The van der Waals surface area contributed by atoms with Crippen LogP contribution in [0.25, 0.3) is 0 Å². The van der Waals surface area contributed by atoms with Crippen molar-refractivity contribution in [2.75, 3.05) is 14.2 Å². The van der Waals surface area contributed by atoms with E-state index in [0.29, 0.717) is 17.1 Å². The Morgan fingerprint density at radius 3 is 2.67 bits per heavy atom. The van der Waals surface area contributed by atoms with E-state index in [2.05, 4.69) is 10.5 Å². The van der Waals surface area contributed by atoms with E-state index >= 15 is 0 Å². The summed E-state index contributed by atoms with van der Waals surface area (Å²) in [7, 11) is 3.07. The standard InChI is InChI=1S/C13H18N2O3/c1-4-5-8-14-15-13(16)10-6-7-11(17-2)12(9-10)18-3/h6-9H,4-5H2,1-3H3,(H,15,16)/b14-8+. The highest BCUT2D eigenvalue weighted by molar-refractivity contribution is 5.95. The molecule has 0 aliphatic heterocycles. The zero-order chi connectivity index (χ0) is 13.4. The van der Waals surface area contributed by atoms with Crippen LogP contribution in [0.5, 0.6) is 11.5 Å². The van der Waals surface area contributed by atoms with Crippen molar-refractivity contribution < 1.29 is 14.3 Å². The van der Waals surface area contributed by atoms with Crippen LogP contribution in [0.3, 0.4) is 0 Å². The normalized spacial score (nSPS) is 10.4. The lowest BCUT2D eigenvalue weighted by Gasteiger charge is -2.08. The maximum atomic E-state index is 11.8. The first-order valence-corrected chi connectivity index (χ1v) is 5.76. The summed E-state index contributed by atoms with van der Waals surface area (Å²) in [4.78, 5) is 11.8. The molecule has 1 aromatic carbocycles. The number of carbonyl (C=O) groups is 1. The molecular formula is C13H18N2O3. The number of methoxy groups -OCH3 is 2. The Hall–Kier alpha value is -2.04. The highest BCUT2D eigenvalue weighted by Crippen LogP contribution is 2.27. The number of hydrogen-bond acceptors (Lipinski definition) is 4. The Morgan fingerprint density at radius 1 is 1.33 bits per heavy atom. The monoisotopic (exact) mass is 250 g/mol. The Morgan fingerprint density at radius 2 is 2.06 bits per heavy atom. The third kappa shape index (κ3) is 3.76. The van der Waals surface area contributed by atoms with Gasteiger partial charge in [0, 0.05) is 11.8 Å².